The van der Waals surface area contributed by atoms with Crippen molar-refractivity contribution >= 4 is 12.3 Å². The Kier molecular flexibility index (Phi) is 17.7. The summed E-state index contributed by atoms with van der Waals surface area (Å²) in [4.78, 5) is 23.7. The molecule has 2 aromatic rings. The van der Waals surface area contributed by atoms with Crippen molar-refractivity contribution in [2.75, 3.05) is 37.7 Å². The van der Waals surface area contributed by atoms with Crippen LogP contribution in [0.3, 0.4) is 0 Å². The SMILES string of the molecule is CC(C)(C)O[C-]=O.Cc1ccc[c-]c1C(F)(F)F.[CH2-]Cc1c([CH2-])nc(OCC23CCCN2CCC3)nc1N1C[CH-]CC[CH-]C1.[Li+].[Li+]. The summed E-state index contributed by atoms with van der Waals surface area (Å²) in [6.07, 6.45) is 8.25. The first kappa shape index (κ1) is 42.2. The predicted octanol–water partition coefficient (Wildman–Crippen LogP) is 0.742. The van der Waals surface area contributed by atoms with Crippen molar-refractivity contribution < 1.29 is 65.2 Å². The van der Waals surface area contributed by atoms with Gasteiger partial charge in [-0.3, -0.25) is 4.90 Å². The second kappa shape index (κ2) is 19.2. The molecule has 0 aliphatic carbocycles. The normalized spacial score (nSPS) is 17.4. The molecule has 0 saturated carbocycles. The summed E-state index contributed by atoms with van der Waals surface area (Å²) in [5.41, 5.74) is 1.14. The zero-order valence-corrected chi connectivity index (χ0v) is 28.4. The number of carbonyl (C=O) groups excluding carboxylic acids is 1. The molecule has 3 aliphatic heterocycles. The van der Waals surface area contributed by atoms with Gasteiger partial charge >= 0.3 is 49.9 Å². The van der Waals surface area contributed by atoms with Crippen molar-refractivity contribution in [3.05, 3.63) is 73.3 Å². The number of aryl methyl sites for hydroxylation is 1. The van der Waals surface area contributed by atoms with Crippen LogP contribution in [0.4, 0.5) is 19.0 Å². The fourth-order valence-corrected chi connectivity index (χ4v) is 5.67. The smallest absolute Gasteiger partial charge is 0.649 e. The summed E-state index contributed by atoms with van der Waals surface area (Å²) in [5.74, 6) is 0.941. The first-order valence-corrected chi connectivity index (χ1v) is 15.2. The van der Waals surface area contributed by atoms with E-state index in [0.29, 0.717) is 19.0 Å². The standard InChI is InChI=1S/C21H30N4O.C8H6F3.C5H9O2.2Li/c1-3-18-17(2)22-20(23-19(18)24-12-6-4-5-7-13-24)26-16-21-10-8-14-25(21)15-9-11-21;1-6-4-2-3-5-7(6)8(9,10)11;1-5(2,3)7-4-6;;/h6-7H,1-5,8-16H2;2-4H,1H3;1-3H3;;/q-4;2*-1;2*+1. The Labute approximate surface area is 298 Å². The van der Waals surface area contributed by atoms with Gasteiger partial charge in [0.25, 0.3) is 0 Å². The quantitative estimate of drug-likeness (QED) is 0.346. The van der Waals surface area contributed by atoms with Crippen molar-refractivity contribution in [2.24, 2.45) is 0 Å². The number of fused-ring (bicyclic) bond motifs is 1. The molecule has 1 aromatic carbocycles. The summed E-state index contributed by atoms with van der Waals surface area (Å²) in [5, 5.41) is 0. The van der Waals surface area contributed by atoms with E-state index in [-0.39, 0.29) is 54.4 Å². The molecule has 3 aliphatic rings. The monoisotopic (exact) mass is 628 g/mol. The van der Waals surface area contributed by atoms with Gasteiger partial charge in [0, 0.05) is 5.82 Å². The Morgan fingerprint density at radius 2 is 1.70 bits per heavy atom. The van der Waals surface area contributed by atoms with Crippen LogP contribution in [0.25, 0.3) is 0 Å². The molecule has 4 heterocycles. The van der Waals surface area contributed by atoms with Crippen LogP contribution in [-0.4, -0.2) is 65.3 Å². The third kappa shape index (κ3) is 12.3. The molecule has 12 heteroatoms. The molecule has 246 valence electrons. The molecule has 5 rings (SSSR count). The molecule has 46 heavy (non-hydrogen) atoms. The number of anilines is 1. The van der Waals surface area contributed by atoms with Crippen LogP contribution >= 0.6 is 0 Å². The van der Waals surface area contributed by atoms with Crippen LogP contribution in [0.5, 0.6) is 6.01 Å². The molecule has 3 fully saturated rings. The minimum Gasteiger partial charge on any atom is -0.649 e. The van der Waals surface area contributed by atoms with Gasteiger partial charge in [0.15, 0.2) is 0 Å². The molecule has 0 spiro atoms. The second-order valence-electron chi connectivity index (χ2n) is 12.3. The maximum absolute atomic E-state index is 12.0. The van der Waals surface area contributed by atoms with Crippen molar-refractivity contribution in [3.63, 3.8) is 0 Å². The minimum absolute atomic E-state index is 0. The fraction of sp³-hybridized carbons (Fsp3) is 0.559. The van der Waals surface area contributed by atoms with E-state index in [0.717, 1.165) is 43.0 Å². The average Bonchev–Trinajstić information content (AvgIpc) is 3.41. The van der Waals surface area contributed by atoms with E-state index >= 15 is 0 Å². The molecule has 3 saturated heterocycles. The minimum atomic E-state index is -4.27. The number of hydrogen-bond donors (Lipinski definition) is 0. The number of rotatable bonds is 6. The zero-order chi connectivity index (χ0) is 32.4. The van der Waals surface area contributed by atoms with Gasteiger partial charge in [-0.1, -0.05) is 24.7 Å². The largest absolute Gasteiger partial charge is 1.00 e. The molecule has 0 radical (unpaired) electrons. The number of nitrogens with zero attached hydrogens (tertiary/aromatic N) is 4. The van der Waals surface area contributed by atoms with Gasteiger partial charge in [-0.15, -0.1) is 18.7 Å². The molecule has 1 aromatic heterocycles. The van der Waals surface area contributed by atoms with Gasteiger partial charge in [-0.25, -0.2) is 31.2 Å². The van der Waals surface area contributed by atoms with Gasteiger partial charge < -0.3 is 38.9 Å². The summed E-state index contributed by atoms with van der Waals surface area (Å²) >= 11 is 0. The van der Waals surface area contributed by atoms with E-state index in [1.807, 2.05) is 0 Å². The molecule has 7 nitrogen and oxygen atoms in total. The second-order valence-corrected chi connectivity index (χ2v) is 12.3. The van der Waals surface area contributed by atoms with E-state index < -0.39 is 11.7 Å². The zero-order valence-electron chi connectivity index (χ0n) is 28.4. The maximum atomic E-state index is 12.0. The molecule has 0 atom stereocenters. The summed E-state index contributed by atoms with van der Waals surface area (Å²) in [6, 6.07) is 6.83. The Morgan fingerprint density at radius 3 is 2.15 bits per heavy atom. The Hall–Kier alpha value is -1.82. The van der Waals surface area contributed by atoms with Crippen LogP contribution in [0.2, 0.25) is 0 Å². The number of ether oxygens (including phenoxy) is 2. The van der Waals surface area contributed by atoms with Crippen LogP contribution in [0, 0.1) is 39.7 Å². The van der Waals surface area contributed by atoms with Crippen LogP contribution < -0.4 is 47.4 Å². The van der Waals surface area contributed by atoms with Crippen molar-refractivity contribution in [1.29, 1.82) is 0 Å². The van der Waals surface area contributed by atoms with Crippen LogP contribution in [-0.2, 0) is 22.1 Å². The van der Waals surface area contributed by atoms with Crippen molar-refractivity contribution in [1.82, 2.24) is 14.9 Å². The molecule has 0 bridgehead atoms. The van der Waals surface area contributed by atoms with E-state index in [2.05, 4.69) is 52.3 Å². The van der Waals surface area contributed by atoms with E-state index in [4.69, 9.17) is 9.72 Å². The third-order valence-corrected chi connectivity index (χ3v) is 7.85. The number of hydrogen-bond acceptors (Lipinski definition) is 7. The Balaban J connectivity index is 0.000000441. The average molecular weight is 629 g/mol. The maximum Gasteiger partial charge on any atom is 1.00 e. The molecule has 0 amide bonds. The Bertz CT molecular complexity index is 1190. The van der Waals surface area contributed by atoms with Crippen molar-refractivity contribution in [2.45, 2.75) is 90.0 Å². The third-order valence-electron chi connectivity index (χ3n) is 7.85. The van der Waals surface area contributed by atoms with Gasteiger partial charge in [0.1, 0.15) is 6.61 Å². The van der Waals surface area contributed by atoms with Crippen LogP contribution in [0.1, 0.15) is 81.7 Å². The summed E-state index contributed by atoms with van der Waals surface area (Å²) in [7, 11) is 0. The van der Waals surface area contributed by atoms with Gasteiger partial charge in [0.05, 0.1) is 11.1 Å². The van der Waals surface area contributed by atoms with Gasteiger partial charge in [0.2, 0.25) is 0 Å². The number of alkyl halides is 3. The van der Waals surface area contributed by atoms with E-state index in [9.17, 15) is 18.0 Å². The number of halogens is 3. The summed E-state index contributed by atoms with van der Waals surface area (Å²) < 4.78 is 46.6. The summed E-state index contributed by atoms with van der Waals surface area (Å²) in [6.45, 7) is 21.2. The topological polar surface area (TPSA) is 67.8 Å². The first-order valence-electron chi connectivity index (χ1n) is 15.2. The molecule has 0 N–H and O–H groups in total. The first-order chi connectivity index (χ1) is 20.8. The predicted molar refractivity (Wildman–Crippen MR) is 165 cm³/mol. The number of aromatic nitrogens is 2. The van der Waals surface area contributed by atoms with Crippen molar-refractivity contribution in [3.8, 4) is 6.01 Å². The molecular weight excluding hydrogens is 583 g/mol. The van der Waals surface area contributed by atoms with Gasteiger partial charge in [-0.2, -0.15) is 48.0 Å². The van der Waals surface area contributed by atoms with E-state index in [1.165, 1.54) is 70.4 Å². The van der Waals surface area contributed by atoms with Gasteiger partial charge in [-0.05, 0) is 59.5 Å². The number of benzene rings is 1. The van der Waals surface area contributed by atoms with Crippen LogP contribution in [0.15, 0.2) is 18.2 Å². The molecular formula is C34H45F3Li2N4O3-4. The Morgan fingerprint density at radius 1 is 1.09 bits per heavy atom. The molecule has 0 unspecified atom stereocenters. The fourth-order valence-electron chi connectivity index (χ4n) is 5.67. The van der Waals surface area contributed by atoms with E-state index in [1.54, 1.807) is 20.8 Å².